The molecule has 0 fully saturated rings. The Hall–Kier alpha value is -1.80. The summed E-state index contributed by atoms with van der Waals surface area (Å²) >= 11 is 0. The standard InChI is InChI=1S/C59H111N2O6P/c1-6-8-10-12-14-16-18-19-20-21-22-23-24-25-26-27-28-29-30-31-32-33-34-35-36-37-38-39-40-41-43-45-47-49-51-53-59(63)60-57(56-67-68(64,65)66-55-54-61(3,4)5)58(62)52-50-48-46-44-42-17-15-13-11-9-7-2/h8,10,14,16,19-20,22-23,25-26,57-58,62H,6-7,9,11-13,15,17-18,21,24,27-56H2,1-5H3,(H-,60,63,64,65)/p+1/b10-8-,16-14-,20-19-,23-22-,26-25-. The molecule has 3 unspecified atom stereocenters. The molecular weight excluding hydrogens is 864 g/mol. The van der Waals surface area contributed by atoms with Gasteiger partial charge >= 0.3 is 7.82 Å². The van der Waals surface area contributed by atoms with Crippen molar-refractivity contribution in [1.29, 1.82) is 0 Å². The molecule has 3 N–H and O–H groups in total. The zero-order valence-electron chi connectivity index (χ0n) is 45.3. The smallest absolute Gasteiger partial charge is 0.391 e. The highest BCUT2D eigenvalue weighted by molar-refractivity contribution is 7.47. The van der Waals surface area contributed by atoms with Crippen LogP contribution in [-0.4, -0.2) is 73.4 Å². The summed E-state index contributed by atoms with van der Waals surface area (Å²) in [4.78, 5) is 23.2. The molecule has 0 aromatic carbocycles. The number of hydrogen-bond donors (Lipinski definition) is 3. The molecule has 0 saturated heterocycles. The molecule has 0 aromatic rings. The minimum Gasteiger partial charge on any atom is -0.391 e. The average Bonchev–Trinajstić information content (AvgIpc) is 3.30. The Morgan fingerprint density at radius 1 is 0.515 bits per heavy atom. The molecule has 68 heavy (non-hydrogen) atoms. The number of allylic oxidation sites excluding steroid dienone is 10. The number of amides is 1. The Bertz CT molecular complexity index is 1290. The van der Waals surface area contributed by atoms with Gasteiger partial charge in [0, 0.05) is 6.42 Å². The van der Waals surface area contributed by atoms with Crippen molar-refractivity contribution in [3.8, 4) is 0 Å². The summed E-state index contributed by atoms with van der Waals surface area (Å²) in [5.74, 6) is -0.144. The number of unbranched alkanes of at least 4 members (excludes halogenated alkanes) is 29. The van der Waals surface area contributed by atoms with Crippen LogP contribution in [0.5, 0.6) is 0 Å². The van der Waals surface area contributed by atoms with Crippen molar-refractivity contribution in [2.45, 2.75) is 270 Å². The molecule has 0 bridgehead atoms. The number of aliphatic hydroxyl groups excluding tert-OH is 1. The average molecular weight is 977 g/mol. The third-order valence-electron chi connectivity index (χ3n) is 12.8. The highest BCUT2D eigenvalue weighted by Crippen LogP contribution is 2.43. The molecule has 0 rings (SSSR count). The van der Waals surface area contributed by atoms with Gasteiger partial charge in [0.25, 0.3) is 0 Å². The van der Waals surface area contributed by atoms with E-state index in [1.807, 2.05) is 21.1 Å². The van der Waals surface area contributed by atoms with Crippen LogP contribution in [0.15, 0.2) is 60.8 Å². The van der Waals surface area contributed by atoms with Gasteiger partial charge in [0.1, 0.15) is 13.2 Å². The fourth-order valence-electron chi connectivity index (χ4n) is 8.31. The van der Waals surface area contributed by atoms with E-state index in [4.69, 9.17) is 9.05 Å². The maximum atomic E-state index is 13.0. The van der Waals surface area contributed by atoms with Crippen LogP contribution in [0.2, 0.25) is 0 Å². The molecular formula is C59H112N2O6P+. The van der Waals surface area contributed by atoms with Crippen LogP contribution >= 0.6 is 7.82 Å². The van der Waals surface area contributed by atoms with Gasteiger partial charge in [-0.25, -0.2) is 4.57 Å². The SMILES string of the molecule is CC/C=C\C/C=C\C/C=C\C/C=C\C/C=C\CCCCCCCCCCCCCCCCCCCCCC(=O)NC(COP(=O)(O)OCC[N+](C)(C)C)C(O)CCCCCCCCCCCCC. The summed E-state index contributed by atoms with van der Waals surface area (Å²) in [5.41, 5.74) is 0. The Kier molecular flexibility index (Phi) is 48.8. The highest BCUT2D eigenvalue weighted by Gasteiger charge is 2.28. The third kappa shape index (κ3) is 52.0. The fourth-order valence-corrected chi connectivity index (χ4v) is 9.05. The van der Waals surface area contributed by atoms with E-state index in [-0.39, 0.29) is 19.1 Å². The number of nitrogens with zero attached hydrogens (tertiary/aromatic N) is 1. The summed E-state index contributed by atoms with van der Waals surface area (Å²) in [6.45, 7) is 4.77. The molecule has 0 aromatic heterocycles. The van der Waals surface area contributed by atoms with Crippen LogP contribution in [-0.2, 0) is 18.4 Å². The molecule has 0 heterocycles. The molecule has 0 aliphatic heterocycles. The van der Waals surface area contributed by atoms with E-state index in [0.29, 0.717) is 23.9 Å². The van der Waals surface area contributed by atoms with E-state index in [0.717, 1.165) is 70.6 Å². The van der Waals surface area contributed by atoms with E-state index in [2.05, 4.69) is 79.9 Å². The van der Waals surface area contributed by atoms with Crippen LogP contribution in [0.4, 0.5) is 0 Å². The topological polar surface area (TPSA) is 105 Å². The van der Waals surface area contributed by atoms with Gasteiger partial charge in [0.15, 0.2) is 0 Å². The van der Waals surface area contributed by atoms with Crippen molar-refractivity contribution in [3.05, 3.63) is 60.8 Å². The van der Waals surface area contributed by atoms with Gasteiger partial charge in [-0.15, -0.1) is 0 Å². The van der Waals surface area contributed by atoms with Crippen molar-refractivity contribution in [2.24, 2.45) is 0 Å². The molecule has 0 saturated carbocycles. The number of phosphoric ester groups is 1. The van der Waals surface area contributed by atoms with E-state index >= 15 is 0 Å². The second-order valence-electron chi connectivity index (χ2n) is 20.6. The number of aliphatic hydroxyl groups is 1. The second-order valence-corrected chi connectivity index (χ2v) is 22.1. The summed E-state index contributed by atoms with van der Waals surface area (Å²) < 4.78 is 23.7. The predicted molar refractivity (Wildman–Crippen MR) is 295 cm³/mol. The number of phosphoric acid groups is 1. The Morgan fingerprint density at radius 2 is 0.882 bits per heavy atom. The first kappa shape index (κ1) is 66.2. The predicted octanol–water partition coefficient (Wildman–Crippen LogP) is 17.3. The second kappa shape index (κ2) is 50.2. The Morgan fingerprint density at radius 3 is 1.29 bits per heavy atom. The quantitative estimate of drug-likeness (QED) is 0.0243. The Balaban J connectivity index is 3.93. The first-order valence-electron chi connectivity index (χ1n) is 28.7. The van der Waals surface area contributed by atoms with Crippen molar-refractivity contribution in [1.82, 2.24) is 5.32 Å². The number of quaternary nitrogens is 1. The van der Waals surface area contributed by atoms with Gasteiger partial charge < -0.3 is 19.8 Å². The van der Waals surface area contributed by atoms with E-state index in [1.54, 1.807) is 0 Å². The van der Waals surface area contributed by atoms with Crippen LogP contribution < -0.4 is 5.32 Å². The number of rotatable bonds is 52. The lowest BCUT2D eigenvalue weighted by atomic mass is 10.0. The van der Waals surface area contributed by atoms with Crippen LogP contribution in [0.1, 0.15) is 258 Å². The summed E-state index contributed by atoms with van der Waals surface area (Å²) in [6.07, 6.45) is 67.2. The molecule has 9 heteroatoms. The maximum Gasteiger partial charge on any atom is 0.472 e. The van der Waals surface area contributed by atoms with Gasteiger partial charge in [-0.05, 0) is 57.8 Å². The maximum absolute atomic E-state index is 13.0. The van der Waals surface area contributed by atoms with Gasteiger partial charge in [0.05, 0.1) is 39.9 Å². The number of hydrogen-bond acceptors (Lipinski definition) is 5. The summed E-state index contributed by atoms with van der Waals surface area (Å²) in [7, 11) is 1.62. The normalized spacial score (nSPS) is 14.4. The van der Waals surface area contributed by atoms with Crippen molar-refractivity contribution >= 4 is 13.7 Å². The van der Waals surface area contributed by atoms with Crippen molar-refractivity contribution < 1.29 is 32.9 Å². The molecule has 398 valence electrons. The third-order valence-corrected chi connectivity index (χ3v) is 13.8. The molecule has 0 spiro atoms. The lowest BCUT2D eigenvalue weighted by Crippen LogP contribution is -2.46. The first-order valence-corrected chi connectivity index (χ1v) is 30.1. The monoisotopic (exact) mass is 976 g/mol. The highest BCUT2D eigenvalue weighted by atomic mass is 31.2. The minimum absolute atomic E-state index is 0.0748. The zero-order chi connectivity index (χ0) is 49.9. The lowest BCUT2D eigenvalue weighted by Gasteiger charge is -2.26. The molecule has 1 amide bonds. The van der Waals surface area contributed by atoms with Crippen LogP contribution in [0, 0.1) is 0 Å². The van der Waals surface area contributed by atoms with E-state index < -0.39 is 20.0 Å². The van der Waals surface area contributed by atoms with Gasteiger partial charge in [-0.2, -0.15) is 0 Å². The van der Waals surface area contributed by atoms with Gasteiger partial charge in [-0.3, -0.25) is 13.8 Å². The molecule has 8 nitrogen and oxygen atoms in total. The van der Waals surface area contributed by atoms with Gasteiger partial charge in [0.2, 0.25) is 5.91 Å². The first-order chi connectivity index (χ1) is 33.0. The van der Waals surface area contributed by atoms with Crippen molar-refractivity contribution in [2.75, 3.05) is 40.9 Å². The van der Waals surface area contributed by atoms with Crippen molar-refractivity contribution in [3.63, 3.8) is 0 Å². The minimum atomic E-state index is -4.32. The number of likely N-dealkylation sites (N-methyl/N-ethyl adjacent to an activating group) is 1. The molecule has 0 aliphatic rings. The molecule has 0 radical (unpaired) electrons. The lowest BCUT2D eigenvalue weighted by molar-refractivity contribution is -0.870. The molecule has 0 aliphatic carbocycles. The van der Waals surface area contributed by atoms with E-state index in [1.165, 1.54) is 161 Å². The fraction of sp³-hybridized carbons (Fsp3) is 0.814. The number of nitrogens with one attached hydrogen (secondary N) is 1. The molecule has 3 atom stereocenters. The number of carbonyl (C=O) groups is 1. The zero-order valence-corrected chi connectivity index (χ0v) is 46.2. The van der Waals surface area contributed by atoms with Crippen LogP contribution in [0.3, 0.4) is 0 Å². The summed E-state index contributed by atoms with van der Waals surface area (Å²) in [5, 5.41) is 14.0. The Labute approximate surface area is 422 Å². The summed E-state index contributed by atoms with van der Waals surface area (Å²) in [6, 6.07) is -0.759. The van der Waals surface area contributed by atoms with Crippen LogP contribution in [0.25, 0.3) is 0 Å². The largest absolute Gasteiger partial charge is 0.472 e. The van der Waals surface area contributed by atoms with Gasteiger partial charge in [-0.1, -0.05) is 254 Å². The van der Waals surface area contributed by atoms with E-state index in [9.17, 15) is 19.4 Å². The number of carbonyl (C=O) groups excluding carboxylic acids is 1.